The number of rotatable bonds is 0. The summed E-state index contributed by atoms with van der Waals surface area (Å²) >= 11 is 9.55. The van der Waals surface area contributed by atoms with Crippen molar-refractivity contribution in [1.82, 2.24) is 4.98 Å². The van der Waals surface area contributed by atoms with E-state index in [0.29, 0.717) is 0 Å². The van der Waals surface area contributed by atoms with Crippen molar-refractivity contribution in [2.24, 2.45) is 0 Å². The number of fused-ring (bicyclic) bond motifs is 1. The average Bonchev–Trinajstić information content (AvgIpc) is 2.15. The highest BCUT2D eigenvalue weighted by atomic mass is 79.9. The summed E-state index contributed by atoms with van der Waals surface area (Å²) in [6.07, 6.45) is 0. The normalized spacial score (nSPS) is 10.7. The molecule has 0 unspecified atom stereocenters. The Kier molecular flexibility index (Phi) is 2.26. The molecule has 0 N–H and O–H groups in total. The Morgan fingerprint density at radius 1 is 1.31 bits per heavy atom. The summed E-state index contributed by atoms with van der Waals surface area (Å²) in [5.74, 6) is 0. The molecule has 0 atom stereocenters. The van der Waals surface area contributed by atoms with Crippen molar-refractivity contribution < 1.29 is 0 Å². The van der Waals surface area contributed by atoms with Crippen LogP contribution in [0, 0.1) is 6.92 Å². The maximum Gasteiger partial charge on any atom is 0.0721 e. The molecule has 1 aromatic carbocycles. The molecule has 0 radical (unpaired) electrons. The number of hydrogen-bond acceptors (Lipinski definition) is 1. The minimum Gasteiger partial charge on any atom is -0.252 e. The number of benzene rings is 1. The van der Waals surface area contributed by atoms with E-state index >= 15 is 0 Å². The van der Waals surface area contributed by atoms with Gasteiger partial charge in [-0.25, -0.2) is 0 Å². The summed E-state index contributed by atoms with van der Waals surface area (Å²) in [7, 11) is 0. The summed E-state index contributed by atoms with van der Waals surface area (Å²) in [4.78, 5) is 4.40. The Hall–Kier alpha value is -0.600. The van der Waals surface area contributed by atoms with Crippen LogP contribution in [0.2, 0.25) is 5.02 Å². The topological polar surface area (TPSA) is 12.9 Å². The minimum atomic E-state index is 0.739. The lowest BCUT2D eigenvalue weighted by atomic mass is 10.2. The van der Waals surface area contributed by atoms with Crippen LogP contribution in [0.4, 0.5) is 0 Å². The summed E-state index contributed by atoms with van der Waals surface area (Å²) in [5, 5.41) is 1.73. The fourth-order valence-electron chi connectivity index (χ4n) is 1.26. The number of hydrogen-bond donors (Lipinski definition) is 0. The van der Waals surface area contributed by atoms with Gasteiger partial charge < -0.3 is 0 Å². The lowest BCUT2D eigenvalue weighted by molar-refractivity contribution is 1.23. The first kappa shape index (κ1) is 8.97. The fraction of sp³-hybridized carbons (Fsp3) is 0.100. The Morgan fingerprint density at radius 3 is 2.77 bits per heavy atom. The van der Waals surface area contributed by atoms with E-state index in [1.54, 1.807) is 0 Å². The largest absolute Gasteiger partial charge is 0.252 e. The Balaban J connectivity index is 2.94. The molecule has 0 aliphatic heterocycles. The number of nitrogens with zero attached hydrogens (tertiary/aromatic N) is 1. The molecule has 2 rings (SSSR count). The van der Waals surface area contributed by atoms with Crippen molar-refractivity contribution >= 4 is 38.4 Å². The summed E-state index contributed by atoms with van der Waals surface area (Å²) in [6, 6.07) is 7.84. The number of para-hydroxylation sites is 1. The maximum atomic E-state index is 6.14. The Morgan fingerprint density at radius 2 is 2.00 bits per heavy atom. The number of aryl methyl sites for hydroxylation is 1. The molecule has 0 fully saturated rings. The summed E-state index contributed by atoms with van der Waals surface area (Å²) in [6.45, 7) is 1.93. The quantitative estimate of drug-likeness (QED) is 0.695. The lowest BCUT2D eigenvalue weighted by Crippen LogP contribution is -1.86. The second kappa shape index (κ2) is 3.28. The first-order valence-electron chi connectivity index (χ1n) is 3.90. The first-order valence-corrected chi connectivity index (χ1v) is 5.07. The van der Waals surface area contributed by atoms with Gasteiger partial charge in [0.25, 0.3) is 0 Å². The van der Waals surface area contributed by atoms with E-state index in [1.165, 1.54) is 0 Å². The third-order valence-corrected chi connectivity index (χ3v) is 3.53. The second-order valence-electron chi connectivity index (χ2n) is 2.84. The van der Waals surface area contributed by atoms with Crippen LogP contribution in [0.3, 0.4) is 0 Å². The van der Waals surface area contributed by atoms with Crippen molar-refractivity contribution in [3.63, 3.8) is 0 Å². The molecule has 0 bridgehead atoms. The zero-order chi connectivity index (χ0) is 9.42. The van der Waals surface area contributed by atoms with Crippen molar-refractivity contribution in [1.29, 1.82) is 0 Å². The molecule has 1 heterocycles. The van der Waals surface area contributed by atoms with Crippen LogP contribution in [-0.2, 0) is 0 Å². The van der Waals surface area contributed by atoms with Crippen molar-refractivity contribution in [2.45, 2.75) is 6.92 Å². The lowest BCUT2D eigenvalue weighted by Gasteiger charge is -2.04. The Bertz CT molecular complexity index is 468. The second-order valence-corrected chi connectivity index (χ2v) is 4.01. The van der Waals surface area contributed by atoms with Crippen LogP contribution in [-0.4, -0.2) is 4.98 Å². The van der Waals surface area contributed by atoms with Gasteiger partial charge in [-0.2, -0.15) is 0 Å². The standard InChI is InChI=1S/C10H7BrClN/c1-6-9(11)10(12)7-4-2-3-5-8(7)13-6/h2-5H,1H3. The van der Waals surface area contributed by atoms with Gasteiger partial charge in [-0.05, 0) is 28.9 Å². The highest BCUT2D eigenvalue weighted by Gasteiger charge is 2.06. The molecule has 13 heavy (non-hydrogen) atoms. The third kappa shape index (κ3) is 1.45. The van der Waals surface area contributed by atoms with Gasteiger partial charge in [-0.1, -0.05) is 29.8 Å². The molecule has 2 aromatic rings. The molecule has 3 heteroatoms. The molecule has 0 saturated carbocycles. The number of halogens is 2. The molecule has 0 spiro atoms. The van der Waals surface area contributed by atoms with E-state index in [1.807, 2.05) is 31.2 Å². The van der Waals surface area contributed by atoms with E-state index in [0.717, 1.165) is 26.1 Å². The highest BCUT2D eigenvalue weighted by Crippen LogP contribution is 2.31. The van der Waals surface area contributed by atoms with Crippen LogP contribution in [0.15, 0.2) is 28.7 Å². The third-order valence-electron chi connectivity index (χ3n) is 1.94. The smallest absolute Gasteiger partial charge is 0.0721 e. The van der Waals surface area contributed by atoms with Crippen LogP contribution >= 0.6 is 27.5 Å². The predicted molar refractivity (Wildman–Crippen MR) is 59.2 cm³/mol. The zero-order valence-corrected chi connectivity index (χ0v) is 9.35. The molecular weight excluding hydrogens is 249 g/mol. The van der Waals surface area contributed by atoms with Gasteiger partial charge in [0, 0.05) is 5.39 Å². The maximum absolute atomic E-state index is 6.14. The SMILES string of the molecule is Cc1nc2ccccc2c(Cl)c1Br. The van der Waals surface area contributed by atoms with Crippen molar-refractivity contribution in [2.75, 3.05) is 0 Å². The first-order chi connectivity index (χ1) is 6.20. The van der Waals surface area contributed by atoms with E-state index in [4.69, 9.17) is 11.6 Å². The monoisotopic (exact) mass is 255 g/mol. The van der Waals surface area contributed by atoms with Crippen LogP contribution in [0.25, 0.3) is 10.9 Å². The van der Waals surface area contributed by atoms with Crippen molar-refractivity contribution in [3.05, 3.63) is 39.5 Å². The van der Waals surface area contributed by atoms with Gasteiger partial charge in [0.15, 0.2) is 0 Å². The van der Waals surface area contributed by atoms with Gasteiger partial charge in [0.05, 0.1) is 20.7 Å². The van der Waals surface area contributed by atoms with E-state index in [2.05, 4.69) is 20.9 Å². The van der Waals surface area contributed by atoms with Gasteiger partial charge >= 0.3 is 0 Å². The summed E-state index contributed by atoms with van der Waals surface area (Å²) in [5.41, 5.74) is 1.86. The molecule has 0 aliphatic carbocycles. The molecule has 66 valence electrons. The van der Waals surface area contributed by atoms with Crippen LogP contribution in [0.1, 0.15) is 5.69 Å². The fourth-order valence-corrected chi connectivity index (χ4v) is 1.86. The predicted octanol–water partition coefficient (Wildman–Crippen LogP) is 3.96. The molecule has 1 aromatic heterocycles. The average molecular weight is 257 g/mol. The minimum absolute atomic E-state index is 0.739. The molecule has 0 amide bonds. The molecule has 0 saturated heterocycles. The van der Waals surface area contributed by atoms with E-state index < -0.39 is 0 Å². The Labute approximate surface area is 89.9 Å². The molecule has 1 nitrogen and oxygen atoms in total. The number of pyridine rings is 1. The number of aromatic nitrogens is 1. The van der Waals surface area contributed by atoms with Gasteiger partial charge in [-0.3, -0.25) is 4.98 Å². The zero-order valence-electron chi connectivity index (χ0n) is 7.01. The van der Waals surface area contributed by atoms with Gasteiger partial charge in [0.1, 0.15) is 0 Å². The molecular formula is C10H7BrClN. The molecule has 0 aliphatic rings. The highest BCUT2D eigenvalue weighted by molar-refractivity contribution is 9.10. The van der Waals surface area contributed by atoms with E-state index in [9.17, 15) is 0 Å². The summed E-state index contributed by atoms with van der Waals surface area (Å²) < 4.78 is 0.882. The van der Waals surface area contributed by atoms with Crippen molar-refractivity contribution in [3.8, 4) is 0 Å². The van der Waals surface area contributed by atoms with Crippen LogP contribution in [0.5, 0.6) is 0 Å². The van der Waals surface area contributed by atoms with E-state index in [-0.39, 0.29) is 0 Å². The van der Waals surface area contributed by atoms with Crippen LogP contribution < -0.4 is 0 Å². The van der Waals surface area contributed by atoms with Gasteiger partial charge in [0.2, 0.25) is 0 Å². The van der Waals surface area contributed by atoms with Gasteiger partial charge in [-0.15, -0.1) is 0 Å².